The summed E-state index contributed by atoms with van der Waals surface area (Å²) in [6.45, 7) is 0. The summed E-state index contributed by atoms with van der Waals surface area (Å²) < 4.78 is 30.9. The standard InChI is InChI=1S/C17H11BBrF2NO/c19-14-6-3-5-13(10-14)17(23-18(20)21)11-15-9-8-12-4-1-2-7-16(12)22-15/h1-11H/b17-11+. The molecule has 0 atom stereocenters. The van der Waals surface area contributed by atoms with Gasteiger partial charge in [0.1, 0.15) is 5.76 Å². The molecule has 3 aromatic rings. The maximum atomic E-state index is 12.7. The van der Waals surface area contributed by atoms with Gasteiger partial charge in [0.05, 0.1) is 11.2 Å². The Kier molecular flexibility index (Phi) is 4.72. The van der Waals surface area contributed by atoms with E-state index in [0.717, 1.165) is 15.4 Å². The smallest absolute Gasteiger partial charge is 0.505 e. The monoisotopic (exact) mass is 373 g/mol. The Balaban J connectivity index is 2.05. The minimum Gasteiger partial charge on any atom is -0.505 e. The molecule has 1 heterocycles. The number of hydrogen-bond acceptors (Lipinski definition) is 2. The second kappa shape index (κ2) is 6.92. The highest BCUT2D eigenvalue weighted by Gasteiger charge is 2.20. The molecule has 23 heavy (non-hydrogen) atoms. The molecule has 0 spiro atoms. The van der Waals surface area contributed by atoms with Gasteiger partial charge in [0.25, 0.3) is 0 Å². The third-order valence-electron chi connectivity index (χ3n) is 3.22. The first kappa shape index (κ1) is 15.7. The van der Waals surface area contributed by atoms with E-state index >= 15 is 0 Å². The Bertz CT molecular complexity index is 870. The Morgan fingerprint density at radius 2 is 1.87 bits per heavy atom. The van der Waals surface area contributed by atoms with Gasteiger partial charge in [-0.2, -0.15) is 0 Å². The average molecular weight is 374 g/mol. The lowest BCUT2D eigenvalue weighted by Gasteiger charge is -2.09. The third kappa shape index (κ3) is 3.96. The van der Waals surface area contributed by atoms with E-state index in [4.69, 9.17) is 0 Å². The minimum atomic E-state index is -2.90. The molecule has 1 aromatic heterocycles. The molecule has 0 unspecified atom stereocenters. The molecular weight excluding hydrogens is 363 g/mol. The first-order chi connectivity index (χ1) is 11.1. The number of pyridine rings is 1. The molecule has 0 amide bonds. The van der Waals surface area contributed by atoms with Gasteiger partial charge in [-0.3, -0.25) is 0 Å². The summed E-state index contributed by atoms with van der Waals surface area (Å²) in [6.07, 6.45) is 1.51. The molecule has 0 saturated heterocycles. The van der Waals surface area contributed by atoms with Gasteiger partial charge in [-0.25, -0.2) is 13.6 Å². The first-order valence-corrected chi connectivity index (χ1v) is 7.69. The summed E-state index contributed by atoms with van der Waals surface area (Å²) >= 11 is 3.33. The van der Waals surface area contributed by atoms with Crippen LogP contribution in [0.3, 0.4) is 0 Å². The van der Waals surface area contributed by atoms with Crippen molar-refractivity contribution in [3.05, 3.63) is 76.4 Å². The maximum Gasteiger partial charge on any atom is 0.796 e. The second-order valence-electron chi connectivity index (χ2n) is 4.83. The van der Waals surface area contributed by atoms with Crippen molar-refractivity contribution in [1.29, 1.82) is 0 Å². The van der Waals surface area contributed by atoms with Gasteiger partial charge in [0.2, 0.25) is 0 Å². The Hall–Kier alpha value is -2.21. The van der Waals surface area contributed by atoms with Crippen molar-refractivity contribution in [2.45, 2.75) is 0 Å². The predicted octanol–water partition coefficient (Wildman–Crippen LogP) is 5.44. The SMILES string of the molecule is FB(F)O/C(=C/c1ccc2ccccc2n1)c1cccc(Br)c1. The largest absolute Gasteiger partial charge is 0.796 e. The quantitative estimate of drug-likeness (QED) is 0.449. The molecule has 6 heteroatoms. The van der Waals surface area contributed by atoms with Crippen molar-refractivity contribution in [1.82, 2.24) is 4.98 Å². The highest BCUT2D eigenvalue weighted by atomic mass is 79.9. The Morgan fingerprint density at radius 1 is 1.04 bits per heavy atom. The zero-order valence-electron chi connectivity index (χ0n) is 11.9. The summed E-state index contributed by atoms with van der Waals surface area (Å²) in [5.74, 6) is 0.0732. The molecule has 2 aromatic carbocycles. The van der Waals surface area contributed by atoms with E-state index in [0.29, 0.717) is 11.3 Å². The first-order valence-electron chi connectivity index (χ1n) is 6.90. The van der Waals surface area contributed by atoms with E-state index in [2.05, 4.69) is 25.6 Å². The summed E-state index contributed by atoms with van der Waals surface area (Å²) in [6, 6.07) is 18.3. The van der Waals surface area contributed by atoms with Crippen molar-refractivity contribution < 1.29 is 13.3 Å². The number of halogens is 3. The molecule has 0 saturated carbocycles. The zero-order chi connectivity index (χ0) is 16.2. The number of hydrogen-bond donors (Lipinski definition) is 0. The van der Waals surface area contributed by atoms with Crippen LogP contribution in [0, 0.1) is 0 Å². The highest BCUT2D eigenvalue weighted by Crippen LogP contribution is 2.24. The molecule has 2 nitrogen and oxygen atoms in total. The van der Waals surface area contributed by atoms with Crippen molar-refractivity contribution >= 4 is 46.1 Å². The summed E-state index contributed by atoms with van der Waals surface area (Å²) in [5.41, 5.74) is 1.90. The van der Waals surface area contributed by atoms with Crippen LogP contribution in [-0.4, -0.2) is 12.5 Å². The van der Waals surface area contributed by atoms with Crippen LogP contribution in [0.4, 0.5) is 8.63 Å². The van der Waals surface area contributed by atoms with Gasteiger partial charge in [0, 0.05) is 21.5 Å². The van der Waals surface area contributed by atoms with Crippen molar-refractivity contribution in [2.75, 3.05) is 0 Å². The van der Waals surface area contributed by atoms with E-state index in [9.17, 15) is 8.63 Å². The van der Waals surface area contributed by atoms with Crippen LogP contribution >= 0.6 is 15.9 Å². The summed E-state index contributed by atoms with van der Waals surface area (Å²) in [7, 11) is -2.90. The lowest BCUT2D eigenvalue weighted by Crippen LogP contribution is -2.04. The van der Waals surface area contributed by atoms with Gasteiger partial charge >= 0.3 is 7.47 Å². The fourth-order valence-corrected chi connectivity index (χ4v) is 2.62. The third-order valence-corrected chi connectivity index (χ3v) is 3.72. The van der Waals surface area contributed by atoms with Gasteiger partial charge in [-0.05, 0) is 24.3 Å². The number of fused-ring (bicyclic) bond motifs is 1. The summed E-state index contributed by atoms with van der Waals surface area (Å²) in [5, 5.41) is 0.989. The van der Waals surface area contributed by atoms with E-state index in [1.807, 2.05) is 36.4 Å². The fraction of sp³-hybridized carbons (Fsp3) is 0. The van der Waals surface area contributed by atoms with Crippen LogP contribution in [-0.2, 0) is 4.65 Å². The predicted molar refractivity (Wildman–Crippen MR) is 92.8 cm³/mol. The Morgan fingerprint density at radius 3 is 2.65 bits per heavy atom. The average Bonchev–Trinajstić information content (AvgIpc) is 2.54. The summed E-state index contributed by atoms with van der Waals surface area (Å²) in [4.78, 5) is 4.46. The lowest BCUT2D eigenvalue weighted by molar-refractivity contribution is 0.398. The molecule has 0 radical (unpaired) electrons. The molecule has 3 rings (SSSR count). The molecule has 0 fully saturated rings. The fourth-order valence-electron chi connectivity index (χ4n) is 2.22. The normalized spacial score (nSPS) is 11.5. The van der Waals surface area contributed by atoms with Crippen molar-refractivity contribution in [3.63, 3.8) is 0 Å². The van der Waals surface area contributed by atoms with Gasteiger partial charge in [0.15, 0.2) is 0 Å². The molecule has 0 aliphatic carbocycles. The number of benzene rings is 2. The Labute approximate surface area is 141 Å². The van der Waals surface area contributed by atoms with E-state index in [-0.39, 0.29) is 5.76 Å². The highest BCUT2D eigenvalue weighted by molar-refractivity contribution is 9.10. The molecule has 114 valence electrons. The van der Waals surface area contributed by atoms with Gasteiger partial charge in [-0.15, -0.1) is 0 Å². The molecule has 0 aliphatic rings. The van der Waals surface area contributed by atoms with Crippen LogP contribution in [0.25, 0.3) is 22.7 Å². The topological polar surface area (TPSA) is 22.1 Å². The van der Waals surface area contributed by atoms with Crippen molar-refractivity contribution in [2.24, 2.45) is 0 Å². The van der Waals surface area contributed by atoms with E-state index < -0.39 is 7.47 Å². The minimum absolute atomic E-state index is 0.0732. The van der Waals surface area contributed by atoms with Crippen molar-refractivity contribution in [3.8, 4) is 0 Å². The maximum absolute atomic E-state index is 12.7. The number of para-hydroxylation sites is 1. The van der Waals surface area contributed by atoms with Crippen LogP contribution in [0.15, 0.2) is 65.1 Å². The van der Waals surface area contributed by atoms with Gasteiger partial charge < -0.3 is 4.65 Å². The molecular formula is C17H11BBrF2NO. The molecule has 0 N–H and O–H groups in total. The lowest BCUT2D eigenvalue weighted by atomic mass is 10.1. The van der Waals surface area contributed by atoms with E-state index in [1.165, 1.54) is 6.08 Å². The number of aromatic nitrogens is 1. The molecule has 0 aliphatic heterocycles. The van der Waals surface area contributed by atoms with Crippen LogP contribution in [0.2, 0.25) is 0 Å². The number of nitrogens with zero attached hydrogens (tertiary/aromatic N) is 1. The van der Waals surface area contributed by atoms with Crippen LogP contribution in [0.5, 0.6) is 0 Å². The zero-order valence-corrected chi connectivity index (χ0v) is 13.5. The molecule has 0 bridgehead atoms. The van der Waals surface area contributed by atoms with E-state index in [1.54, 1.807) is 24.3 Å². The number of rotatable bonds is 4. The second-order valence-corrected chi connectivity index (χ2v) is 5.74. The van der Waals surface area contributed by atoms with Crippen LogP contribution in [0.1, 0.15) is 11.3 Å². The van der Waals surface area contributed by atoms with Gasteiger partial charge in [-0.1, -0.05) is 52.3 Å². The van der Waals surface area contributed by atoms with Crippen LogP contribution < -0.4 is 0 Å².